The molecule has 28 heavy (non-hydrogen) atoms. The number of hydrogen-bond donors (Lipinski definition) is 1. The molecule has 0 unspecified atom stereocenters. The smallest absolute Gasteiger partial charge is 0.416 e. The van der Waals surface area contributed by atoms with E-state index in [0.29, 0.717) is 21.9 Å². The topological polar surface area (TPSA) is 38.3 Å². The lowest BCUT2D eigenvalue weighted by Crippen LogP contribution is -2.12. The molecule has 0 atom stereocenters. The minimum atomic E-state index is -4.43. The Morgan fingerprint density at radius 2 is 1.71 bits per heavy atom. The van der Waals surface area contributed by atoms with E-state index in [1.54, 1.807) is 36.4 Å². The van der Waals surface area contributed by atoms with E-state index in [9.17, 15) is 18.0 Å². The molecule has 7 heteroatoms. The Bertz CT molecular complexity index is 1000. The van der Waals surface area contributed by atoms with Crippen molar-refractivity contribution in [2.75, 3.05) is 12.4 Å². The molecule has 0 bridgehead atoms. The molecule has 0 radical (unpaired) electrons. The van der Waals surface area contributed by atoms with Gasteiger partial charge in [0.25, 0.3) is 5.91 Å². The first-order chi connectivity index (χ1) is 13.3. The highest BCUT2D eigenvalue weighted by Crippen LogP contribution is 2.33. The second kappa shape index (κ2) is 7.94. The van der Waals surface area contributed by atoms with Crippen molar-refractivity contribution >= 4 is 23.2 Å². The first kappa shape index (κ1) is 19.8. The fourth-order valence-corrected chi connectivity index (χ4v) is 2.87. The maximum atomic E-state index is 12.6. The third-order valence-corrected chi connectivity index (χ3v) is 4.30. The largest absolute Gasteiger partial charge is 0.496 e. The summed E-state index contributed by atoms with van der Waals surface area (Å²) in [6.45, 7) is 0. The van der Waals surface area contributed by atoms with Gasteiger partial charge in [-0.2, -0.15) is 13.2 Å². The summed E-state index contributed by atoms with van der Waals surface area (Å²) in [6, 6.07) is 16.2. The molecule has 3 rings (SSSR count). The monoisotopic (exact) mass is 405 g/mol. The number of carbonyl (C=O) groups excluding carboxylic acids is 1. The first-order valence-electron chi connectivity index (χ1n) is 8.20. The summed E-state index contributed by atoms with van der Waals surface area (Å²) in [5, 5.41) is 3.13. The Labute approximate surface area is 164 Å². The second-order valence-electron chi connectivity index (χ2n) is 5.95. The van der Waals surface area contributed by atoms with Crippen LogP contribution in [0.1, 0.15) is 15.9 Å². The Morgan fingerprint density at radius 3 is 2.32 bits per heavy atom. The highest BCUT2D eigenvalue weighted by atomic mass is 35.5. The maximum absolute atomic E-state index is 12.6. The molecule has 3 nitrogen and oxygen atoms in total. The zero-order chi connectivity index (χ0) is 20.3. The number of carbonyl (C=O) groups is 1. The second-order valence-corrected chi connectivity index (χ2v) is 6.39. The molecule has 0 aromatic heterocycles. The lowest BCUT2D eigenvalue weighted by atomic mass is 10.0. The van der Waals surface area contributed by atoms with E-state index in [1.807, 2.05) is 6.07 Å². The zero-order valence-corrected chi connectivity index (χ0v) is 15.4. The van der Waals surface area contributed by atoms with Crippen LogP contribution in [0.5, 0.6) is 5.75 Å². The number of methoxy groups -OCH3 is 1. The lowest BCUT2D eigenvalue weighted by molar-refractivity contribution is -0.137. The average Bonchev–Trinajstić information content (AvgIpc) is 2.67. The molecule has 1 N–H and O–H groups in total. The molecule has 0 aliphatic carbocycles. The predicted molar refractivity (Wildman–Crippen MR) is 103 cm³/mol. The van der Waals surface area contributed by atoms with E-state index in [4.69, 9.17) is 16.3 Å². The van der Waals surface area contributed by atoms with Gasteiger partial charge in [0.2, 0.25) is 0 Å². The van der Waals surface area contributed by atoms with Crippen molar-refractivity contribution in [3.63, 3.8) is 0 Å². The van der Waals surface area contributed by atoms with Crippen molar-refractivity contribution in [3.8, 4) is 16.9 Å². The molecule has 0 aliphatic rings. The number of hydrogen-bond acceptors (Lipinski definition) is 2. The van der Waals surface area contributed by atoms with Crippen LogP contribution in [0.15, 0.2) is 66.7 Å². The number of rotatable bonds is 4. The summed E-state index contributed by atoms with van der Waals surface area (Å²) in [5.74, 6) is 0.110. The summed E-state index contributed by atoms with van der Waals surface area (Å²) in [4.78, 5) is 12.5. The highest BCUT2D eigenvalue weighted by molar-refractivity contribution is 6.30. The molecule has 0 spiro atoms. The van der Waals surface area contributed by atoms with Gasteiger partial charge in [-0.1, -0.05) is 23.7 Å². The first-order valence-corrected chi connectivity index (χ1v) is 8.58. The summed E-state index contributed by atoms with van der Waals surface area (Å²) < 4.78 is 43.3. The van der Waals surface area contributed by atoms with Gasteiger partial charge in [-0.15, -0.1) is 0 Å². The average molecular weight is 406 g/mol. The molecule has 0 saturated heterocycles. The molecule has 3 aromatic carbocycles. The highest BCUT2D eigenvalue weighted by Gasteiger charge is 2.30. The molecule has 0 aliphatic heterocycles. The minimum Gasteiger partial charge on any atom is -0.496 e. The van der Waals surface area contributed by atoms with Gasteiger partial charge >= 0.3 is 6.18 Å². The van der Waals surface area contributed by atoms with Gasteiger partial charge < -0.3 is 10.1 Å². The van der Waals surface area contributed by atoms with Gasteiger partial charge in [0.1, 0.15) is 5.75 Å². The van der Waals surface area contributed by atoms with Crippen LogP contribution in [-0.4, -0.2) is 13.0 Å². The Hall–Kier alpha value is -2.99. The third kappa shape index (κ3) is 4.46. The summed E-state index contributed by atoms with van der Waals surface area (Å²) in [5.41, 5.74) is 1.26. The van der Waals surface area contributed by atoms with Crippen molar-refractivity contribution in [3.05, 3.63) is 82.9 Å². The SMILES string of the molecule is COc1ccc(C(=O)Nc2ccc(C(F)(F)F)cc2)cc1-c1cccc(Cl)c1. The molecule has 0 fully saturated rings. The summed E-state index contributed by atoms with van der Waals surface area (Å²) >= 11 is 6.04. The number of anilines is 1. The number of benzene rings is 3. The lowest BCUT2D eigenvalue weighted by Gasteiger charge is -2.12. The fraction of sp³-hybridized carbons (Fsp3) is 0.0952. The van der Waals surface area contributed by atoms with Crippen molar-refractivity contribution in [2.45, 2.75) is 6.18 Å². The van der Waals surface area contributed by atoms with Crippen molar-refractivity contribution in [1.82, 2.24) is 0 Å². The molecular weight excluding hydrogens is 391 g/mol. The van der Waals surface area contributed by atoms with E-state index in [-0.39, 0.29) is 5.69 Å². The normalized spacial score (nSPS) is 11.2. The van der Waals surface area contributed by atoms with Crippen molar-refractivity contribution in [1.29, 1.82) is 0 Å². The minimum absolute atomic E-state index is 0.262. The van der Waals surface area contributed by atoms with E-state index < -0.39 is 17.6 Å². The van der Waals surface area contributed by atoms with Gasteiger partial charge in [-0.3, -0.25) is 4.79 Å². The van der Waals surface area contributed by atoms with E-state index >= 15 is 0 Å². The Morgan fingerprint density at radius 1 is 1.00 bits per heavy atom. The number of alkyl halides is 3. The molecule has 0 saturated carbocycles. The van der Waals surface area contributed by atoms with Gasteiger partial charge in [-0.05, 0) is 60.2 Å². The van der Waals surface area contributed by atoms with Gasteiger partial charge in [0.05, 0.1) is 12.7 Å². The van der Waals surface area contributed by atoms with Crippen LogP contribution < -0.4 is 10.1 Å². The summed E-state index contributed by atoms with van der Waals surface area (Å²) in [7, 11) is 1.52. The number of nitrogens with one attached hydrogen (secondary N) is 1. The molecule has 3 aromatic rings. The number of ether oxygens (including phenoxy) is 1. The van der Waals surface area contributed by atoms with Crippen LogP contribution >= 0.6 is 11.6 Å². The van der Waals surface area contributed by atoms with Crippen LogP contribution in [-0.2, 0) is 6.18 Å². The molecular formula is C21H15ClF3NO2. The van der Waals surface area contributed by atoms with Crippen molar-refractivity contribution in [2.24, 2.45) is 0 Å². The Kier molecular flexibility index (Phi) is 5.61. The van der Waals surface area contributed by atoms with Crippen LogP contribution in [0.3, 0.4) is 0 Å². The van der Waals surface area contributed by atoms with Crippen molar-refractivity contribution < 1.29 is 22.7 Å². The fourth-order valence-electron chi connectivity index (χ4n) is 2.68. The predicted octanol–water partition coefficient (Wildman–Crippen LogP) is 6.29. The van der Waals surface area contributed by atoms with Crippen LogP contribution in [0.25, 0.3) is 11.1 Å². The standard InChI is InChI=1S/C21H15ClF3NO2/c1-28-19-10-5-14(12-18(19)13-3-2-4-16(22)11-13)20(27)26-17-8-6-15(7-9-17)21(23,24)25/h2-12H,1H3,(H,26,27). The maximum Gasteiger partial charge on any atom is 0.416 e. The van der Waals surface area contributed by atoms with Gasteiger partial charge in [0.15, 0.2) is 0 Å². The number of halogens is 4. The van der Waals surface area contributed by atoms with Gasteiger partial charge in [-0.25, -0.2) is 0 Å². The summed E-state index contributed by atoms with van der Waals surface area (Å²) in [6.07, 6.45) is -4.43. The molecule has 1 amide bonds. The number of amides is 1. The van der Waals surface area contributed by atoms with E-state index in [2.05, 4.69) is 5.32 Å². The Balaban J connectivity index is 1.87. The van der Waals surface area contributed by atoms with Crippen LogP contribution in [0.4, 0.5) is 18.9 Å². The molecule has 0 heterocycles. The zero-order valence-electron chi connectivity index (χ0n) is 14.7. The van der Waals surface area contributed by atoms with Crippen LogP contribution in [0, 0.1) is 0 Å². The van der Waals surface area contributed by atoms with Crippen LogP contribution in [0.2, 0.25) is 5.02 Å². The molecule has 144 valence electrons. The van der Waals surface area contributed by atoms with E-state index in [1.165, 1.54) is 19.2 Å². The quantitative estimate of drug-likeness (QED) is 0.554. The van der Waals surface area contributed by atoms with E-state index in [0.717, 1.165) is 17.7 Å². The van der Waals surface area contributed by atoms with Gasteiger partial charge in [0, 0.05) is 21.8 Å². The third-order valence-electron chi connectivity index (χ3n) is 4.07.